The minimum Gasteiger partial charge on any atom is -0.326 e. The summed E-state index contributed by atoms with van der Waals surface area (Å²) in [7, 11) is 0. The van der Waals surface area contributed by atoms with Gasteiger partial charge in [-0.1, -0.05) is 36.4 Å². The van der Waals surface area contributed by atoms with Gasteiger partial charge in [0.15, 0.2) is 0 Å². The van der Waals surface area contributed by atoms with E-state index in [1.165, 1.54) is 10.5 Å². The van der Waals surface area contributed by atoms with E-state index < -0.39 is 0 Å². The van der Waals surface area contributed by atoms with E-state index in [1.54, 1.807) is 10.5 Å². The van der Waals surface area contributed by atoms with E-state index in [1.807, 2.05) is 31.3 Å². The molecule has 0 aliphatic heterocycles. The Morgan fingerprint density at radius 2 is 1.87 bits per heavy atom. The number of aryl methyl sites for hydroxylation is 1. The summed E-state index contributed by atoms with van der Waals surface area (Å²) in [5.74, 6) is 0. The first-order valence-corrected chi connectivity index (χ1v) is 8.02. The molecule has 1 atom stereocenters. The molecule has 0 bridgehead atoms. The maximum Gasteiger partial charge on any atom is 0.258 e. The van der Waals surface area contributed by atoms with Gasteiger partial charge in [0.25, 0.3) is 5.56 Å². The van der Waals surface area contributed by atoms with Gasteiger partial charge in [0.05, 0.1) is 6.54 Å². The van der Waals surface area contributed by atoms with Crippen LogP contribution in [-0.4, -0.2) is 15.9 Å². The Morgan fingerprint density at radius 1 is 1.09 bits per heavy atom. The van der Waals surface area contributed by atoms with Crippen molar-refractivity contribution >= 4 is 5.65 Å². The highest BCUT2D eigenvalue weighted by atomic mass is 16.1. The summed E-state index contributed by atoms with van der Waals surface area (Å²) in [4.78, 5) is 18.3. The maximum atomic E-state index is 12.3. The number of fused-ring (bicyclic) bond motifs is 1. The molecule has 118 valence electrons. The minimum absolute atomic E-state index is 0.0103. The van der Waals surface area contributed by atoms with E-state index in [0.717, 1.165) is 30.9 Å². The zero-order chi connectivity index (χ0) is 16.2. The van der Waals surface area contributed by atoms with Gasteiger partial charge in [-0.3, -0.25) is 9.20 Å². The van der Waals surface area contributed by atoms with Crippen LogP contribution < -0.4 is 10.5 Å². The summed E-state index contributed by atoms with van der Waals surface area (Å²) in [5, 5.41) is 0. The van der Waals surface area contributed by atoms with Crippen LogP contribution in [0.25, 0.3) is 5.65 Å². The van der Waals surface area contributed by atoms with Crippen LogP contribution in [0.4, 0.5) is 0 Å². The van der Waals surface area contributed by atoms with Crippen molar-refractivity contribution in [3.8, 4) is 0 Å². The second kappa shape index (κ2) is 6.75. The molecule has 0 saturated heterocycles. The molecule has 4 heteroatoms. The quantitative estimate of drug-likeness (QED) is 0.778. The SMILES string of the molecule is CC[NH+](Cc1ccccc1)Cc1cc(=O)n2cc(C)ccc2n1. The number of benzene rings is 1. The summed E-state index contributed by atoms with van der Waals surface area (Å²) in [5.41, 5.74) is 3.92. The Bertz CT molecular complexity index is 855. The number of hydrogen-bond donors (Lipinski definition) is 1. The number of hydrogen-bond acceptors (Lipinski definition) is 2. The van der Waals surface area contributed by atoms with Crippen molar-refractivity contribution in [2.75, 3.05) is 6.54 Å². The Morgan fingerprint density at radius 3 is 2.61 bits per heavy atom. The standard InChI is InChI=1S/C19H21N3O/c1-3-21(13-16-7-5-4-6-8-16)14-17-11-19(23)22-12-15(2)9-10-18(22)20-17/h4-12H,3,13-14H2,1-2H3/p+1. The number of aromatic nitrogens is 2. The average Bonchev–Trinajstić information content (AvgIpc) is 2.56. The molecule has 2 heterocycles. The second-order valence-corrected chi connectivity index (χ2v) is 5.96. The van der Waals surface area contributed by atoms with Crippen LogP contribution in [0.1, 0.15) is 23.7 Å². The van der Waals surface area contributed by atoms with Gasteiger partial charge in [-0.25, -0.2) is 4.98 Å². The Hall–Kier alpha value is -2.46. The lowest BCUT2D eigenvalue weighted by Crippen LogP contribution is -3.09. The van der Waals surface area contributed by atoms with Crippen molar-refractivity contribution in [2.24, 2.45) is 0 Å². The van der Waals surface area contributed by atoms with E-state index in [9.17, 15) is 4.79 Å². The van der Waals surface area contributed by atoms with Crippen LogP contribution in [0.3, 0.4) is 0 Å². The molecule has 1 unspecified atom stereocenters. The molecule has 0 aliphatic carbocycles. The molecule has 0 saturated carbocycles. The van der Waals surface area contributed by atoms with E-state index in [2.05, 4.69) is 36.2 Å². The van der Waals surface area contributed by atoms with Crippen LogP contribution in [-0.2, 0) is 13.1 Å². The van der Waals surface area contributed by atoms with Crippen LogP contribution in [0.15, 0.2) is 59.5 Å². The number of nitrogens with zero attached hydrogens (tertiary/aromatic N) is 2. The van der Waals surface area contributed by atoms with Crippen LogP contribution in [0, 0.1) is 6.92 Å². The molecule has 0 amide bonds. The molecule has 3 aromatic rings. The third-order valence-electron chi connectivity index (χ3n) is 4.09. The molecular weight excluding hydrogens is 286 g/mol. The van der Waals surface area contributed by atoms with Gasteiger partial charge < -0.3 is 4.90 Å². The largest absolute Gasteiger partial charge is 0.326 e. The van der Waals surface area contributed by atoms with E-state index >= 15 is 0 Å². The van der Waals surface area contributed by atoms with Gasteiger partial charge in [0.2, 0.25) is 0 Å². The molecule has 1 aromatic carbocycles. The van der Waals surface area contributed by atoms with Crippen LogP contribution in [0.2, 0.25) is 0 Å². The van der Waals surface area contributed by atoms with Gasteiger partial charge in [-0.15, -0.1) is 0 Å². The predicted molar refractivity (Wildman–Crippen MR) is 91.6 cm³/mol. The van der Waals surface area contributed by atoms with E-state index in [0.29, 0.717) is 5.65 Å². The summed E-state index contributed by atoms with van der Waals surface area (Å²) in [6.07, 6.45) is 1.84. The highest BCUT2D eigenvalue weighted by Gasteiger charge is 2.11. The molecule has 2 aromatic heterocycles. The van der Waals surface area contributed by atoms with Crippen LogP contribution in [0.5, 0.6) is 0 Å². The lowest BCUT2D eigenvalue weighted by Gasteiger charge is -2.17. The monoisotopic (exact) mass is 308 g/mol. The summed E-state index contributed by atoms with van der Waals surface area (Å²) >= 11 is 0. The first-order chi connectivity index (χ1) is 11.2. The average molecular weight is 308 g/mol. The highest BCUT2D eigenvalue weighted by molar-refractivity contribution is 5.39. The summed E-state index contributed by atoms with van der Waals surface area (Å²) < 4.78 is 1.61. The lowest BCUT2D eigenvalue weighted by atomic mass is 10.2. The van der Waals surface area contributed by atoms with Crippen molar-refractivity contribution in [1.82, 2.24) is 9.38 Å². The molecule has 4 nitrogen and oxygen atoms in total. The third-order valence-corrected chi connectivity index (χ3v) is 4.09. The summed E-state index contributed by atoms with van der Waals surface area (Å²) in [6, 6.07) is 16.0. The van der Waals surface area contributed by atoms with Gasteiger partial charge in [-0.05, 0) is 25.5 Å². The number of rotatable bonds is 5. The number of quaternary nitrogens is 1. The Labute approximate surface area is 136 Å². The normalized spacial score (nSPS) is 12.4. The Balaban J connectivity index is 1.85. The number of pyridine rings is 1. The van der Waals surface area contributed by atoms with Crippen LogP contribution >= 0.6 is 0 Å². The van der Waals surface area contributed by atoms with Gasteiger partial charge >= 0.3 is 0 Å². The molecule has 0 spiro atoms. The van der Waals surface area contributed by atoms with Crippen molar-refractivity contribution in [3.05, 3.63) is 81.9 Å². The predicted octanol–water partition coefficient (Wildman–Crippen LogP) is 1.61. The van der Waals surface area contributed by atoms with Crippen molar-refractivity contribution in [1.29, 1.82) is 0 Å². The fourth-order valence-corrected chi connectivity index (χ4v) is 2.80. The van der Waals surface area contributed by atoms with Gasteiger partial charge in [0, 0.05) is 17.8 Å². The highest BCUT2D eigenvalue weighted by Crippen LogP contribution is 2.02. The minimum atomic E-state index is -0.0103. The topological polar surface area (TPSA) is 38.8 Å². The first kappa shape index (κ1) is 15.4. The molecule has 1 N–H and O–H groups in total. The molecule has 23 heavy (non-hydrogen) atoms. The molecular formula is C19H22N3O+. The van der Waals surface area contributed by atoms with E-state index in [-0.39, 0.29) is 5.56 Å². The first-order valence-electron chi connectivity index (χ1n) is 8.02. The van der Waals surface area contributed by atoms with Crippen molar-refractivity contribution in [2.45, 2.75) is 26.9 Å². The fraction of sp³-hybridized carbons (Fsp3) is 0.263. The zero-order valence-corrected chi connectivity index (χ0v) is 13.6. The lowest BCUT2D eigenvalue weighted by molar-refractivity contribution is -0.926. The molecule has 3 rings (SSSR count). The molecule has 0 aliphatic rings. The maximum absolute atomic E-state index is 12.3. The molecule has 0 radical (unpaired) electrons. The fourth-order valence-electron chi connectivity index (χ4n) is 2.80. The molecule has 0 fully saturated rings. The van der Waals surface area contributed by atoms with Crippen molar-refractivity contribution < 1.29 is 4.90 Å². The second-order valence-electron chi connectivity index (χ2n) is 5.96. The smallest absolute Gasteiger partial charge is 0.258 e. The zero-order valence-electron chi connectivity index (χ0n) is 13.6. The number of nitrogens with one attached hydrogen (secondary N) is 1. The van der Waals surface area contributed by atoms with Crippen molar-refractivity contribution in [3.63, 3.8) is 0 Å². The van der Waals surface area contributed by atoms with Gasteiger partial charge in [-0.2, -0.15) is 0 Å². The summed E-state index contributed by atoms with van der Waals surface area (Å²) in [6.45, 7) is 6.82. The van der Waals surface area contributed by atoms with Gasteiger partial charge in [0.1, 0.15) is 24.4 Å². The van der Waals surface area contributed by atoms with E-state index in [4.69, 9.17) is 0 Å². The Kier molecular flexibility index (Phi) is 4.53. The third kappa shape index (κ3) is 3.66.